The molecule has 2 aliphatic heterocycles. The van der Waals surface area contributed by atoms with Gasteiger partial charge in [0.1, 0.15) is 4.90 Å². The molecule has 0 aromatic heterocycles. The summed E-state index contributed by atoms with van der Waals surface area (Å²) in [6, 6.07) is 4.55. The van der Waals surface area contributed by atoms with Gasteiger partial charge in [0.25, 0.3) is 5.91 Å². The first-order valence-electron chi connectivity index (χ1n) is 8.09. The fraction of sp³-hybridized carbons (Fsp3) is 0.562. The van der Waals surface area contributed by atoms with E-state index in [1.807, 2.05) is 0 Å². The summed E-state index contributed by atoms with van der Waals surface area (Å²) in [4.78, 5) is 14.1. The van der Waals surface area contributed by atoms with Gasteiger partial charge in [-0.15, -0.1) is 0 Å². The van der Waals surface area contributed by atoms with Gasteiger partial charge in [0.2, 0.25) is 10.0 Å². The zero-order chi connectivity index (χ0) is 16.4. The van der Waals surface area contributed by atoms with Crippen molar-refractivity contribution in [2.24, 2.45) is 0 Å². The van der Waals surface area contributed by atoms with E-state index in [4.69, 9.17) is 11.6 Å². The van der Waals surface area contributed by atoms with E-state index in [2.05, 4.69) is 0 Å². The fourth-order valence-electron chi connectivity index (χ4n) is 2.96. The molecule has 3 rings (SSSR count). The molecule has 0 bridgehead atoms. The number of hydrogen-bond acceptors (Lipinski definition) is 3. The largest absolute Gasteiger partial charge is 0.339 e. The maximum absolute atomic E-state index is 12.9. The van der Waals surface area contributed by atoms with Crippen LogP contribution < -0.4 is 0 Å². The summed E-state index contributed by atoms with van der Waals surface area (Å²) in [6.45, 7) is 2.50. The molecule has 2 fully saturated rings. The van der Waals surface area contributed by atoms with Crippen LogP contribution in [0.4, 0.5) is 0 Å². The highest BCUT2D eigenvalue weighted by Gasteiger charge is 2.29. The third-order valence-electron chi connectivity index (χ3n) is 4.50. The van der Waals surface area contributed by atoms with Gasteiger partial charge in [0, 0.05) is 31.7 Å². The van der Waals surface area contributed by atoms with Gasteiger partial charge in [-0.1, -0.05) is 24.4 Å². The van der Waals surface area contributed by atoms with E-state index in [0.29, 0.717) is 18.7 Å². The normalized spacial score (nSPS) is 20.0. The van der Waals surface area contributed by atoms with Crippen LogP contribution >= 0.6 is 11.6 Å². The number of carbonyl (C=O) groups excluding carboxylic acids is 1. The van der Waals surface area contributed by atoms with Crippen LogP contribution in [0.1, 0.15) is 42.5 Å². The maximum atomic E-state index is 12.9. The van der Waals surface area contributed by atoms with Crippen molar-refractivity contribution in [3.05, 3.63) is 28.8 Å². The van der Waals surface area contributed by atoms with Gasteiger partial charge in [0.05, 0.1) is 5.02 Å². The molecule has 1 aromatic carbocycles. The van der Waals surface area contributed by atoms with Gasteiger partial charge in [-0.25, -0.2) is 8.42 Å². The fourth-order valence-corrected chi connectivity index (χ4v) is 4.97. The topological polar surface area (TPSA) is 57.7 Å². The third kappa shape index (κ3) is 3.39. The Morgan fingerprint density at radius 3 is 2.17 bits per heavy atom. The van der Waals surface area contributed by atoms with Crippen LogP contribution in [0.5, 0.6) is 0 Å². The van der Waals surface area contributed by atoms with Gasteiger partial charge in [-0.3, -0.25) is 4.79 Å². The monoisotopic (exact) mass is 356 g/mol. The number of halogens is 1. The number of amides is 1. The predicted octanol–water partition coefficient (Wildman–Crippen LogP) is 2.75. The summed E-state index contributed by atoms with van der Waals surface area (Å²) in [6.07, 6.45) is 4.82. The van der Waals surface area contributed by atoms with E-state index in [-0.39, 0.29) is 15.8 Å². The Morgan fingerprint density at radius 1 is 0.957 bits per heavy atom. The van der Waals surface area contributed by atoms with Crippen LogP contribution in [0.3, 0.4) is 0 Å². The van der Waals surface area contributed by atoms with Crippen LogP contribution in [-0.4, -0.2) is 49.7 Å². The van der Waals surface area contributed by atoms with E-state index >= 15 is 0 Å². The Labute approximate surface area is 142 Å². The van der Waals surface area contributed by atoms with Crippen LogP contribution in [0.15, 0.2) is 23.1 Å². The molecule has 0 spiro atoms. The second kappa shape index (κ2) is 6.79. The maximum Gasteiger partial charge on any atom is 0.253 e. The molecule has 0 N–H and O–H groups in total. The van der Waals surface area contributed by atoms with E-state index in [1.54, 1.807) is 11.0 Å². The summed E-state index contributed by atoms with van der Waals surface area (Å²) in [7, 11) is -3.66. The molecular formula is C16H21ClN2O3S. The van der Waals surface area contributed by atoms with Crippen molar-refractivity contribution in [1.82, 2.24) is 9.21 Å². The van der Waals surface area contributed by atoms with Crippen molar-refractivity contribution in [2.45, 2.75) is 37.0 Å². The minimum atomic E-state index is -3.66. The predicted molar refractivity (Wildman–Crippen MR) is 89.2 cm³/mol. The molecule has 5 nitrogen and oxygen atoms in total. The van der Waals surface area contributed by atoms with Gasteiger partial charge in [-0.05, 0) is 37.5 Å². The Balaban J connectivity index is 1.92. The molecular weight excluding hydrogens is 336 g/mol. The Hall–Kier alpha value is -1.11. The molecule has 2 aliphatic rings. The SMILES string of the molecule is O=C(c1ccc(Cl)c(S(=O)(=O)N2CCCCCC2)c1)N1CCC1. The standard InChI is InChI=1S/C16H21ClN2O3S/c17-14-7-6-13(16(20)18-8-5-9-18)12-15(14)23(21,22)19-10-3-1-2-4-11-19/h6-7,12H,1-5,8-11H2. The highest BCUT2D eigenvalue weighted by molar-refractivity contribution is 7.89. The molecule has 0 atom stereocenters. The van der Waals surface area contributed by atoms with Crippen molar-refractivity contribution >= 4 is 27.5 Å². The van der Waals surface area contributed by atoms with E-state index in [0.717, 1.165) is 45.2 Å². The first-order valence-corrected chi connectivity index (χ1v) is 9.91. The Morgan fingerprint density at radius 2 is 1.61 bits per heavy atom. The van der Waals surface area contributed by atoms with Crippen molar-refractivity contribution in [2.75, 3.05) is 26.2 Å². The second-order valence-electron chi connectivity index (χ2n) is 6.11. The van der Waals surface area contributed by atoms with Crippen molar-refractivity contribution in [3.8, 4) is 0 Å². The van der Waals surface area contributed by atoms with Crippen LogP contribution in [0.2, 0.25) is 5.02 Å². The van der Waals surface area contributed by atoms with Gasteiger partial charge >= 0.3 is 0 Å². The summed E-state index contributed by atoms with van der Waals surface area (Å²) in [5.41, 5.74) is 0.391. The lowest BCUT2D eigenvalue weighted by atomic mass is 10.1. The van der Waals surface area contributed by atoms with E-state index in [1.165, 1.54) is 16.4 Å². The number of rotatable bonds is 3. The number of hydrogen-bond donors (Lipinski definition) is 0. The van der Waals surface area contributed by atoms with Crippen LogP contribution in [0.25, 0.3) is 0 Å². The van der Waals surface area contributed by atoms with Crippen molar-refractivity contribution in [1.29, 1.82) is 0 Å². The lowest BCUT2D eigenvalue weighted by Gasteiger charge is -2.31. The summed E-state index contributed by atoms with van der Waals surface area (Å²) in [5.74, 6) is -0.125. The van der Waals surface area contributed by atoms with Crippen LogP contribution in [0, 0.1) is 0 Å². The Kier molecular flexibility index (Phi) is 4.94. The van der Waals surface area contributed by atoms with Crippen LogP contribution in [-0.2, 0) is 10.0 Å². The van der Waals surface area contributed by atoms with E-state index < -0.39 is 10.0 Å². The Bertz CT molecular complexity index is 693. The van der Waals surface area contributed by atoms with Crippen molar-refractivity contribution < 1.29 is 13.2 Å². The summed E-state index contributed by atoms with van der Waals surface area (Å²) in [5, 5.41) is 0.175. The summed E-state index contributed by atoms with van der Waals surface area (Å²) < 4.78 is 27.3. The molecule has 1 aromatic rings. The zero-order valence-corrected chi connectivity index (χ0v) is 14.6. The molecule has 126 valence electrons. The lowest BCUT2D eigenvalue weighted by molar-refractivity contribution is 0.0651. The second-order valence-corrected chi connectivity index (χ2v) is 8.42. The zero-order valence-electron chi connectivity index (χ0n) is 13.0. The smallest absolute Gasteiger partial charge is 0.253 e. The quantitative estimate of drug-likeness (QED) is 0.836. The third-order valence-corrected chi connectivity index (χ3v) is 6.88. The number of nitrogens with zero attached hydrogens (tertiary/aromatic N) is 2. The average Bonchev–Trinajstić information content (AvgIpc) is 2.75. The van der Waals surface area contributed by atoms with E-state index in [9.17, 15) is 13.2 Å². The minimum Gasteiger partial charge on any atom is -0.339 e. The number of likely N-dealkylation sites (tertiary alicyclic amines) is 1. The first kappa shape index (κ1) is 16.7. The molecule has 0 aliphatic carbocycles. The first-order chi connectivity index (χ1) is 11.0. The van der Waals surface area contributed by atoms with Gasteiger partial charge in [-0.2, -0.15) is 4.31 Å². The number of benzene rings is 1. The molecule has 1 amide bonds. The molecule has 0 saturated carbocycles. The average molecular weight is 357 g/mol. The molecule has 7 heteroatoms. The van der Waals surface area contributed by atoms with Crippen molar-refractivity contribution in [3.63, 3.8) is 0 Å². The molecule has 2 saturated heterocycles. The number of sulfonamides is 1. The minimum absolute atomic E-state index is 0.0486. The molecule has 0 unspecified atom stereocenters. The molecule has 2 heterocycles. The molecule has 23 heavy (non-hydrogen) atoms. The number of carbonyl (C=O) groups is 1. The van der Waals surface area contributed by atoms with Gasteiger partial charge < -0.3 is 4.90 Å². The highest BCUT2D eigenvalue weighted by Crippen LogP contribution is 2.28. The van der Waals surface area contributed by atoms with Gasteiger partial charge in [0.15, 0.2) is 0 Å². The summed E-state index contributed by atoms with van der Waals surface area (Å²) >= 11 is 6.14. The lowest BCUT2D eigenvalue weighted by Crippen LogP contribution is -2.42. The molecule has 0 radical (unpaired) electrons. The highest BCUT2D eigenvalue weighted by atomic mass is 35.5.